The topological polar surface area (TPSA) is 67.4 Å². The zero-order valence-electron chi connectivity index (χ0n) is 14.9. The lowest BCUT2D eigenvalue weighted by Crippen LogP contribution is -2.32. The van der Waals surface area contributed by atoms with Gasteiger partial charge in [-0.2, -0.15) is 0 Å². The normalized spacial score (nSPS) is 14.0. The Hall–Kier alpha value is -2.48. The zero-order valence-corrected chi connectivity index (χ0v) is 16.5. The van der Waals surface area contributed by atoms with E-state index in [1.54, 1.807) is 24.3 Å². The first kappa shape index (κ1) is 20.3. The zero-order chi connectivity index (χ0) is 20.1. The van der Waals surface area contributed by atoms with Crippen molar-refractivity contribution in [2.24, 2.45) is 0 Å². The van der Waals surface area contributed by atoms with Crippen molar-refractivity contribution in [1.82, 2.24) is 5.32 Å². The molecule has 0 radical (unpaired) electrons. The number of benzene rings is 2. The maximum absolute atomic E-state index is 13.7. The highest BCUT2D eigenvalue weighted by Crippen LogP contribution is 2.26. The van der Waals surface area contributed by atoms with Gasteiger partial charge in [0, 0.05) is 22.1 Å². The second-order valence-electron chi connectivity index (χ2n) is 6.56. The van der Waals surface area contributed by atoms with E-state index in [0.717, 1.165) is 31.7 Å². The molecule has 2 N–H and O–H groups in total. The molecule has 5 nitrogen and oxygen atoms in total. The lowest BCUT2D eigenvalue weighted by Gasteiger charge is -2.12. The van der Waals surface area contributed by atoms with Crippen molar-refractivity contribution in [1.29, 1.82) is 0 Å². The van der Waals surface area contributed by atoms with E-state index in [1.165, 1.54) is 0 Å². The molecule has 1 saturated carbocycles. The second kappa shape index (κ2) is 9.14. The minimum atomic E-state index is -0.891. The number of rotatable bonds is 6. The molecule has 2 aromatic rings. The van der Waals surface area contributed by atoms with Crippen molar-refractivity contribution >= 4 is 33.4 Å². The molecular weight excluding hydrogens is 434 g/mol. The fourth-order valence-corrected chi connectivity index (χ4v) is 3.53. The Morgan fingerprint density at radius 2 is 1.79 bits per heavy atom. The number of carbonyl (C=O) groups excluding carboxylic acids is 2. The van der Waals surface area contributed by atoms with Crippen LogP contribution in [0.15, 0.2) is 40.9 Å². The van der Waals surface area contributed by atoms with Gasteiger partial charge in [0.25, 0.3) is 11.8 Å². The van der Waals surface area contributed by atoms with Crippen LogP contribution in [0.1, 0.15) is 36.0 Å². The Kier molecular flexibility index (Phi) is 6.61. The van der Waals surface area contributed by atoms with E-state index in [0.29, 0.717) is 17.4 Å². The van der Waals surface area contributed by atoms with Crippen LogP contribution in [0.25, 0.3) is 0 Å². The first-order chi connectivity index (χ1) is 13.4. The molecule has 0 atom stereocenters. The third-order valence-electron chi connectivity index (χ3n) is 4.45. The van der Waals surface area contributed by atoms with Gasteiger partial charge in [0.05, 0.1) is 5.69 Å². The molecule has 0 saturated heterocycles. The van der Waals surface area contributed by atoms with Crippen molar-refractivity contribution < 1.29 is 23.1 Å². The molecule has 2 aromatic carbocycles. The smallest absolute Gasteiger partial charge is 0.262 e. The summed E-state index contributed by atoms with van der Waals surface area (Å²) in [6.45, 7) is -0.364. The van der Waals surface area contributed by atoms with E-state index in [9.17, 15) is 18.4 Å². The van der Waals surface area contributed by atoms with E-state index in [1.807, 2.05) is 0 Å². The minimum absolute atomic E-state index is 0.0935. The van der Waals surface area contributed by atoms with Gasteiger partial charge in [-0.25, -0.2) is 8.78 Å². The number of amides is 2. The van der Waals surface area contributed by atoms with E-state index >= 15 is 0 Å². The molecule has 0 aromatic heterocycles. The van der Waals surface area contributed by atoms with Crippen molar-refractivity contribution in [3.8, 4) is 5.75 Å². The van der Waals surface area contributed by atoms with Gasteiger partial charge < -0.3 is 15.4 Å². The van der Waals surface area contributed by atoms with Crippen molar-refractivity contribution in [3.05, 3.63) is 58.1 Å². The predicted molar refractivity (Wildman–Crippen MR) is 104 cm³/mol. The fourth-order valence-electron chi connectivity index (χ4n) is 3.03. The third kappa shape index (κ3) is 5.28. The molecule has 1 fully saturated rings. The second-order valence-corrected chi connectivity index (χ2v) is 7.41. The van der Waals surface area contributed by atoms with Crippen LogP contribution < -0.4 is 15.4 Å². The molecular formula is C20H19BrF2N2O3. The van der Waals surface area contributed by atoms with Crippen LogP contribution in [0.4, 0.5) is 14.5 Å². The summed E-state index contributed by atoms with van der Waals surface area (Å²) in [6, 6.07) is 8.38. The van der Waals surface area contributed by atoms with Gasteiger partial charge in [-0.15, -0.1) is 0 Å². The van der Waals surface area contributed by atoms with Crippen LogP contribution in [0.5, 0.6) is 5.75 Å². The van der Waals surface area contributed by atoms with Gasteiger partial charge in [0.2, 0.25) is 0 Å². The average molecular weight is 453 g/mol. The molecule has 0 heterocycles. The van der Waals surface area contributed by atoms with Gasteiger partial charge in [0.15, 0.2) is 12.4 Å². The van der Waals surface area contributed by atoms with Crippen LogP contribution in [-0.4, -0.2) is 24.5 Å². The quantitative estimate of drug-likeness (QED) is 0.681. The third-order valence-corrected chi connectivity index (χ3v) is 5.07. The lowest BCUT2D eigenvalue weighted by atomic mass is 10.1. The number of halogens is 3. The summed E-state index contributed by atoms with van der Waals surface area (Å²) in [7, 11) is 0. The summed E-state index contributed by atoms with van der Waals surface area (Å²) in [4.78, 5) is 24.1. The van der Waals surface area contributed by atoms with E-state index in [4.69, 9.17) is 4.74 Å². The first-order valence-corrected chi connectivity index (χ1v) is 9.70. The first-order valence-electron chi connectivity index (χ1n) is 8.90. The lowest BCUT2D eigenvalue weighted by molar-refractivity contribution is -0.118. The molecule has 8 heteroatoms. The fraction of sp³-hybridized carbons (Fsp3) is 0.300. The van der Waals surface area contributed by atoms with Crippen LogP contribution in [0, 0.1) is 11.6 Å². The monoisotopic (exact) mass is 452 g/mol. The van der Waals surface area contributed by atoms with Crippen molar-refractivity contribution in [2.75, 3.05) is 11.9 Å². The molecule has 0 bridgehead atoms. The molecule has 1 aliphatic rings. The summed E-state index contributed by atoms with van der Waals surface area (Å²) in [5, 5.41) is 5.33. The van der Waals surface area contributed by atoms with Gasteiger partial charge in [0.1, 0.15) is 11.6 Å². The van der Waals surface area contributed by atoms with E-state index < -0.39 is 17.5 Å². The molecule has 3 rings (SSSR count). The Bertz CT molecular complexity index is 845. The summed E-state index contributed by atoms with van der Waals surface area (Å²) in [5.74, 6) is -1.98. The van der Waals surface area contributed by atoms with Crippen LogP contribution in [0.3, 0.4) is 0 Å². The average Bonchev–Trinajstić information content (AvgIpc) is 3.16. The molecule has 0 spiro atoms. The molecule has 148 valence electrons. The Morgan fingerprint density at radius 3 is 2.43 bits per heavy atom. The van der Waals surface area contributed by atoms with Gasteiger partial charge >= 0.3 is 0 Å². The van der Waals surface area contributed by atoms with Crippen LogP contribution in [-0.2, 0) is 4.79 Å². The van der Waals surface area contributed by atoms with E-state index in [-0.39, 0.29) is 28.7 Å². The van der Waals surface area contributed by atoms with Gasteiger partial charge in [-0.1, -0.05) is 12.8 Å². The van der Waals surface area contributed by atoms with Gasteiger partial charge in [-0.05, 0) is 59.1 Å². The SMILES string of the molecule is O=C(COc1ccc(C(=O)NC2CCCC2)cc1)Nc1c(F)cc(F)cc1Br. The predicted octanol–water partition coefficient (Wildman–Crippen LogP) is 4.42. The van der Waals surface area contributed by atoms with Crippen LogP contribution in [0.2, 0.25) is 0 Å². The molecule has 2 amide bonds. The number of hydrogen-bond acceptors (Lipinski definition) is 3. The number of nitrogens with one attached hydrogen (secondary N) is 2. The Balaban J connectivity index is 1.52. The molecule has 28 heavy (non-hydrogen) atoms. The number of ether oxygens (including phenoxy) is 1. The number of hydrogen-bond donors (Lipinski definition) is 2. The van der Waals surface area contributed by atoms with E-state index in [2.05, 4.69) is 26.6 Å². The standard InChI is InChI=1S/C20H19BrF2N2O3/c21-16-9-13(22)10-17(23)19(16)25-18(26)11-28-15-7-5-12(6-8-15)20(27)24-14-3-1-2-4-14/h5-10,14H,1-4,11H2,(H,24,27)(H,25,26). The molecule has 1 aliphatic carbocycles. The molecule has 0 aliphatic heterocycles. The van der Waals surface area contributed by atoms with Crippen molar-refractivity contribution in [3.63, 3.8) is 0 Å². The van der Waals surface area contributed by atoms with Crippen molar-refractivity contribution in [2.45, 2.75) is 31.7 Å². The van der Waals surface area contributed by atoms with Crippen LogP contribution >= 0.6 is 15.9 Å². The summed E-state index contributed by atoms with van der Waals surface area (Å²) in [5.41, 5.74) is 0.356. The highest BCUT2D eigenvalue weighted by Gasteiger charge is 2.18. The Labute approximate surface area is 169 Å². The number of carbonyl (C=O) groups is 2. The minimum Gasteiger partial charge on any atom is -0.484 e. The number of anilines is 1. The Morgan fingerprint density at radius 1 is 1.11 bits per heavy atom. The highest BCUT2D eigenvalue weighted by molar-refractivity contribution is 9.10. The largest absolute Gasteiger partial charge is 0.484 e. The maximum atomic E-state index is 13.7. The summed E-state index contributed by atoms with van der Waals surface area (Å²) < 4.78 is 32.3. The summed E-state index contributed by atoms with van der Waals surface area (Å²) in [6.07, 6.45) is 4.29. The summed E-state index contributed by atoms with van der Waals surface area (Å²) >= 11 is 3.00. The molecule has 0 unspecified atom stereocenters. The maximum Gasteiger partial charge on any atom is 0.262 e. The highest BCUT2D eigenvalue weighted by atomic mass is 79.9. The van der Waals surface area contributed by atoms with Gasteiger partial charge in [-0.3, -0.25) is 9.59 Å².